The first-order valence-electron chi connectivity index (χ1n) is 5.44. The predicted molar refractivity (Wildman–Crippen MR) is 54.2 cm³/mol. The van der Waals surface area contributed by atoms with Crippen molar-refractivity contribution in [3.8, 4) is 0 Å². The average Bonchev–Trinajstić information content (AvgIpc) is 2.21. The molecule has 0 aromatic heterocycles. The monoisotopic (exact) mass is 263 g/mol. The van der Waals surface area contributed by atoms with Crippen molar-refractivity contribution in [2.45, 2.75) is 44.3 Å². The number of nitrogens with one attached hydrogen (secondary N) is 1. The molecule has 0 fully saturated rings. The predicted octanol–water partition coefficient (Wildman–Crippen LogP) is 2.98. The normalized spacial score (nSPS) is 15.0. The van der Waals surface area contributed by atoms with Crippen molar-refractivity contribution in [3.63, 3.8) is 0 Å². The van der Waals surface area contributed by atoms with E-state index in [0.717, 1.165) is 6.42 Å². The van der Waals surface area contributed by atoms with E-state index in [1.165, 1.54) is 0 Å². The average molecular weight is 263 g/mol. The van der Waals surface area contributed by atoms with Crippen LogP contribution in [0.25, 0.3) is 0 Å². The van der Waals surface area contributed by atoms with Crippen LogP contribution in [0, 0.1) is 0 Å². The van der Waals surface area contributed by atoms with Gasteiger partial charge in [0.05, 0.1) is 0 Å². The highest BCUT2D eigenvalue weighted by molar-refractivity contribution is 4.74. The Morgan fingerprint density at radius 1 is 1.18 bits per heavy atom. The number of alkyl halides is 5. The third-order valence-electron chi connectivity index (χ3n) is 2.44. The van der Waals surface area contributed by atoms with Crippen LogP contribution in [0.5, 0.6) is 0 Å². The topological polar surface area (TPSA) is 21.3 Å². The Morgan fingerprint density at radius 3 is 2.18 bits per heavy atom. The van der Waals surface area contributed by atoms with Gasteiger partial charge in [-0.2, -0.15) is 22.0 Å². The summed E-state index contributed by atoms with van der Waals surface area (Å²) in [5, 5.41) is 3.00. The summed E-state index contributed by atoms with van der Waals surface area (Å²) in [6.45, 7) is 0.260. The smallest absolute Gasteiger partial charge is 0.375 e. The summed E-state index contributed by atoms with van der Waals surface area (Å²) in [5.74, 6) is -4.76. The Labute approximate surface area is 97.5 Å². The minimum absolute atomic E-state index is 0.0934. The van der Waals surface area contributed by atoms with Crippen LogP contribution >= 0.6 is 0 Å². The van der Waals surface area contributed by atoms with Gasteiger partial charge in [-0.3, -0.25) is 0 Å². The van der Waals surface area contributed by atoms with Crippen molar-refractivity contribution >= 4 is 0 Å². The first-order chi connectivity index (χ1) is 7.74. The molecule has 0 bridgehead atoms. The molecule has 1 atom stereocenters. The van der Waals surface area contributed by atoms with Gasteiger partial charge in [-0.15, -0.1) is 0 Å². The second-order valence-corrected chi connectivity index (χ2v) is 3.79. The molecule has 2 nitrogen and oxygen atoms in total. The molecule has 7 heteroatoms. The molecule has 104 valence electrons. The van der Waals surface area contributed by atoms with Crippen molar-refractivity contribution in [1.82, 2.24) is 5.32 Å². The second kappa shape index (κ2) is 7.10. The molecule has 0 aliphatic heterocycles. The molecule has 0 aliphatic rings. The van der Waals surface area contributed by atoms with Gasteiger partial charge in [-0.1, -0.05) is 6.92 Å². The fourth-order valence-corrected chi connectivity index (χ4v) is 1.27. The Morgan fingerprint density at radius 2 is 1.76 bits per heavy atom. The number of rotatable bonds is 8. The Hall–Kier alpha value is -0.430. The quantitative estimate of drug-likeness (QED) is 0.537. The number of ether oxygens (including phenoxy) is 1. The maximum absolute atomic E-state index is 12.4. The summed E-state index contributed by atoms with van der Waals surface area (Å²) < 4.78 is 64.4. The number of hydrogen-bond donors (Lipinski definition) is 1. The summed E-state index contributed by atoms with van der Waals surface area (Å²) in [7, 11) is 1.77. The van der Waals surface area contributed by atoms with Crippen LogP contribution in [0.1, 0.15) is 26.2 Å². The van der Waals surface area contributed by atoms with E-state index in [9.17, 15) is 22.0 Å². The van der Waals surface area contributed by atoms with Crippen LogP contribution in [0.3, 0.4) is 0 Å². The zero-order chi connectivity index (χ0) is 13.5. The summed E-state index contributed by atoms with van der Waals surface area (Å²) in [4.78, 5) is 0. The van der Waals surface area contributed by atoms with Gasteiger partial charge >= 0.3 is 12.1 Å². The maximum Gasteiger partial charge on any atom is 0.455 e. The van der Waals surface area contributed by atoms with Gasteiger partial charge in [-0.05, 0) is 26.3 Å². The van der Waals surface area contributed by atoms with E-state index >= 15 is 0 Å². The van der Waals surface area contributed by atoms with Crippen LogP contribution in [0.2, 0.25) is 0 Å². The molecule has 0 radical (unpaired) electrons. The Balaban J connectivity index is 3.72. The molecule has 1 unspecified atom stereocenters. The van der Waals surface area contributed by atoms with Crippen molar-refractivity contribution in [1.29, 1.82) is 0 Å². The van der Waals surface area contributed by atoms with Crippen LogP contribution < -0.4 is 5.32 Å². The van der Waals surface area contributed by atoms with Gasteiger partial charge in [0.15, 0.2) is 0 Å². The Bertz CT molecular complexity index is 203. The molecule has 0 amide bonds. The highest BCUT2D eigenvalue weighted by Gasteiger charge is 2.57. The molecule has 0 aromatic rings. The lowest BCUT2D eigenvalue weighted by Gasteiger charge is -2.19. The van der Waals surface area contributed by atoms with Crippen LogP contribution in [0.4, 0.5) is 22.0 Å². The molecule has 1 N–H and O–H groups in total. The molecule has 0 saturated carbocycles. The van der Waals surface area contributed by atoms with Gasteiger partial charge in [0.2, 0.25) is 0 Å². The van der Waals surface area contributed by atoms with Gasteiger partial charge in [0, 0.05) is 12.6 Å². The van der Waals surface area contributed by atoms with Crippen LogP contribution in [-0.2, 0) is 4.74 Å². The van der Waals surface area contributed by atoms with Crippen LogP contribution in [-0.4, -0.2) is 38.4 Å². The number of halogens is 5. The molecule has 17 heavy (non-hydrogen) atoms. The van der Waals surface area contributed by atoms with Gasteiger partial charge in [0.25, 0.3) is 0 Å². The lowest BCUT2D eigenvalue weighted by Crippen LogP contribution is -2.40. The summed E-state index contributed by atoms with van der Waals surface area (Å²) in [6, 6.07) is 0.238. The maximum atomic E-state index is 12.4. The molecular formula is C10H18F5NO. The van der Waals surface area contributed by atoms with E-state index < -0.39 is 18.7 Å². The van der Waals surface area contributed by atoms with Crippen molar-refractivity contribution in [3.05, 3.63) is 0 Å². The van der Waals surface area contributed by atoms with Crippen molar-refractivity contribution in [2.75, 3.05) is 20.3 Å². The van der Waals surface area contributed by atoms with Gasteiger partial charge in [0.1, 0.15) is 6.61 Å². The largest absolute Gasteiger partial charge is 0.455 e. The molecular weight excluding hydrogens is 245 g/mol. The van der Waals surface area contributed by atoms with E-state index in [2.05, 4.69) is 10.1 Å². The third kappa shape index (κ3) is 6.16. The zero-order valence-electron chi connectivity index (χ0n) is 9.91. The minimum Gasteiger partial charge on any atom is -0.375 e. The van der Waals surface area contributed by atoms with E-state index in [0.29, 0.717) is 12.8 Å². The minimum atomic E-state index is -5.54. The summed E-state index contributed by atoms with van der Waals surface area (Å²) >= 11 is 0. The molecule has 0 heterocycles. The van der Waals surface area contributed by atoms with E-state index in [1.54, 1.807) is 7.05 Å². The molecule has 0 aromatic carbocycles. The first kappa shape index (κ1) is 16.6. The second-order valence-electron chi connectivity index (χ2n) is 3.79. The first-order valence-corrected chi connectivity index (χ1v) is 5.44. The lowest BCUT2D eigenvalue weighted by molar-refractivity contribution is -0.296. The summed E-state index contributed by atoms with van der Waals surface area (Å²) in [6.07, 6.45) is -3.53. The fraction of sp³-hybridized carbons (Fsp3) is 1.00. The molecule has 0 saturated heterocycles. The SMILES string of the molecule is CCC(CCCOCC(F)(F)C(F)(F)F)NC. The number of hydrogen-bond acceptors (Lipinski definition) is 2. The standard InChI is InChI=1S/C10H18F5NO/c1-3-8(16-2)5-4-6-17-7-9(11,12)10(13,14)15/h8,16H,3-7H2,1-2H3. The van der Waals surface area contributed by atoms with Crippen LogP contribution in [0.15, 0.2) is 0 Å². The van der Waals surface area contributed by atoms with Crippen molar-refractivity contribution < 1.29 is 26.7 Å². The highest BCUT2D eigenvalue weighted by atomic mass is 19.4. The summed E-state index contributed by atoms with van der Waals surface area (Å²) in [5.41, 5.74) is 0. The van der Waals surface area contributed by atoms with Crippen molar-refractivity contribution in [2.24, 2.45) is 0 Å². The van der Waals surface area contributed by atoms with E-state index in [-0.39, 0.29) is 12.6 Å². The zero-order valence-corrected chi connectivity index (χ0v) is 9.91. The lowest BCUT2D eigenvalue weighted by atomic mass is 10.1. The Kier molecular flexibility index (Phi) is 6.92. The third-order valence-corrected chi connectivity index (χ3v) is 2.44. The van der Waals surface area contributed by atoms with E-state index in [4.69, 9.17) is 0 Å². The molecule has 0 spiro atoms. The molecule has 0 rings (SSSR count). The van der Waals surface area contributed by atoms with Gasteiger partial charge in [-0.25, -0.2) is 0 Å². The van der Waals surface area contributed by atoms with Gasteiger partial charge < -0.3 is 10.1 Å². The fourth-order valence-electron chi connectivity index (χ4n) is 1.27. The highest BCUT2D eigenvalue weighted by Crippen LogP contribution is 2.35. The van der Waals surface area contributed by atoms with E-state index in [1.807, 2.05) is 6.92 Å². The molecule has 0 aliphatic carbocycles.